The molecule has 0 bridgehead atoms. The number of hydrogen-bond donors (Lipinski definition) is 0. The Bertz CT molecular complexity index is 712. The Hall–Kier alpha value is -2.27. The molecule has 0 radical (unpaired) electrons. The fourth-order valence-corrected chi connectivity index (χ4v) is 3.63. The topological polar surface area (TPSA) is 52.6 Å². The van der Waals surface area contributed by atoms with Gasteiger partial charge in [0.1, 0.15) is 24.7 Å². The minimum Gasteiger partial charge on any atom is -0.490 e. The lowest BCUT2D eigenvalue weighted by Crippen LogP contribution is -2.20. The van der Waals surface area contributed by atoms with Crippen LogP contribution in [0, 0.1) is 0 Å². The molecular formula is C18H20O4S. The largest absolute Gasteiger partial charge is 0.490 e. The van der Waals surface area contributed by atoms with Crippen LogP contribution in [-0.4, -0.2) is 26.9 Å². The van der Waals surface area contributed by atoms with Gasteiger partial charge >= 0.3 is 0 Å². The van der Waals surface area contributed by atoms with Crippen molar-refractivity contribution in [3.63, 3.8) is 0 Å². The summed E-state index contributed by atoms with van der Waals surface area (Å²) in [5, 5.41) is -0.585. The normalized spacial score (nSPS) is 17.2. The predicted molar refractivity (Wildman–Crippen MR) is 91.1 cm³/mol. The Morgan fingerprint density at radius 1 is 1.09 bits per heavy atom. The zero-order valence-electron chi connectivity index (χ0n) is 12.9. The third-order valence-electron chi connectivity index (χ3n) is 3.31. The van der Waals surface area contributed by atoms with Gasteiger partial charge in [0, 0.05) is 0 Å². The summed E-state index contributed by atoms with van der Waals surface area (Å²) in [6.07, 6.45) is 8.81. The van der Waals surface area contributed by atoms with Crippen LogP contribution in [0.3, 0.4) is 0 Å². The molecule has 1 unspecified atom stereocenters. The zero-order chi connectivity index (χ0) is 16.7. The van der Waals surface area contributed by atoms with Crippen LogP contribution in [0.2, 0.25) is 0 Å². The number of benzene rings is 1. The minimum absolute atomic E-state index is 0.280. The monoisotopic (exact) mass is 332 g/mol. The van der Waals surface area contributed by atoms with Gasteiger partial charge in [0.25, 0.3) is 0 Å². The van der Waals surface area contributed by atoms with E-state index in [1.807, 2.05) is 0 Å². The molecule has 0 spiro atoms. The molecule has 2 rings (SSSR count). The first-order valence-electron chi connectivity index (χ1n) is 7.27. The van der Waals surface area contributed by atoms with Crippen molar-refractivity contribution in [3.8, 4) is 5.75 Å². The number of allylic oxidation sites excluding steroid dienone is 2. The summed E-state index contributed by atoms with van der Waals surface area (Å²) in [5.74, 6) is 1.28. The van der Waals surface area contributed by atoms with Crippen molar-refractivity contribution in [2.24, 2.45) is 0 Å². The Balaban J connectivity index is 2.07. The van der Waals surface area contributed by atoms with Gasteiger partial charge in [0.15, 0.2) is 9.84 Å². The van der Waals surface area contributed by atoms with Gasteiger partial charge < -0.3 is 9.47 Å². The fraction of sp³-hybridized carbons (Fsp3) is 0.222. The maximum Gasteiger partial charge on any atom is 0.185 e. The Morgan fingerprint density at radius 3 is 2.30 bits per heavy atom. The number of hydrogen-bond acceptors (Lipinski definition) is 4. The third kappa shape index (κ3) is 4.36. The predicted octanol–water partition coefficient (Wildman–Crippen LogP) is 3.44. The van der Waals surface area contributed by atoms with Crippen molar-refractivity contribution in [2.45, 2.75) is 16.6 Å². The van der Waals surface area contributed by atoms with Crippen LogP contribution in [0.15, 0.2) is 78.5 Å². The molecule has 0 saturated heterocycles. The molecule has 0 aromatic heterocycles. The molecule has 122 valence electrons. The quantitative estimate of drug-likeness (QED) is 0.684. The summed E-state index contributed by atoms with van der Waals surface area (Å²) < 4.78 is 36.0. The van der Waals surface area contributed by atoms with Gasteiger partial charge in [0.2, 0.25) is 0 Å². The van der Waals surface area contributed by atoms with Crippen LogP contribution in [0.25, 0.3) is 0 Å². The molecule has 0 amide bonds. The molecule has 5 heteroatoms. The zero-order valence-corrected chi connectivity index (χ0v) is 13.7. The molecule has 4 nitrogen and oxygen atoms in total. The lowest BCUT2D eigenvalue weighted by molar-refractivity contribution is 0.259. The van der Waals surface area contributed by atoms with E-state index >= 15 is 0 Å². The van der Waals surface area contributed by atoms with Crippen LogP contribution >= 0.6 is 0 Å². The summed E-state index contributed by atoms with van der Waals surface area (Å²) >= 11 is 0. The standard InChI is InChI=1S/C18H20O4S/c1-3-13-21-15-5-9-17(10-6-15)23(19,20)18-11-7-16(8-12-18)22-14-4-2/h3-11,18H,1-2,12-14H2. The van der Waals surface area contributed by atoms with Crippen LogP contribution in [0.1, 0.15) is 6.42 Å². The molecule has 0 fully saturated rings. The van der Waals surface area contributed by atoms with E-state index < -0.39 is 15.1 Å². The molecule has 1 aromatic carbocycles. The van der Waals surface area contributed by atoms with E-state index in [9.17, 15) is 8.42 Å². The molecule has 1 aliphatic carbocycles. The molecule has 0 aliphatic heterocycles. The molecule has 0 saturated carbocycles. The van der Waals surface area contributed by atoms with Crippen LogP contribution in [0.5, 0.6) is 5.75 Å². The highest BCUT2D eigenvalue weighted by molar-refractivity contribution is 7.92. The molecular weight excluding hydrogens is 312 g/mol. The minimum atomic E-state index is -3.43. The SMILES string of the molecule is C=CCOC1=CCC(S(=O)(=O)c2ccc(OCC=C)cc2)C=C1. The maximum absolute atomic E-state index is 12.6. The van der Waals surface area contributed by atoms with Crippen LogP contribution in [-0.2, 0) is 14.6 Å². The second-order valence-electron chi connectivity index (χ2n) is 4.96. The van der Waals surface area contributed by atoms with Crippen molar-refractivity contribution in [3.05, 3.63) is 73.6 Å². The second kappa shape index (κ2) is 7.83. The first-order valence-corrected chi connectivity index (χ1v) is 8.82. The summed E-state index contributed by atoms with van der Waals surface area (Å²) in [6, 6.07) is 6.43. The van der Waals surface area contributed by atoms with Crippen molar-refractivity contribution >= 4 is 9.84 Å². The van der Waals surface area contributed by atoms with E-state index in [2.05, 4.69) is 13.2 Å². The molecule has 1 aliphatic rings. The Kier molecular flexibility index (Phi) is 5.82. The lowest BCUT2D eigenvalue weighted by Gasteiger charge is -2.17. The van der Waals surface area contributed by atoms with Gasteiger partial charge in [-0.05, 0) is 42.8 Å². The first-order chi connectivity index (χ1) is 11.1. The third-order valence-corrected chi connectivity index (χ3v) is 5.39. The fourth-order valence-electron chi connectivity index (χ4n) is 2.13. The highest BCUT2D eigenvalue weighted by atomic mass is 32.2. The highest BCUT2D eigenvalue weighted by Gasteiger charge is 2.26. The van der Waals surface area contributed by atoms with Gasteiger partial charge in [-0.25, -0.2) is 8.42 Å². The van der Waals surface area contributed by atoms with E-state index in [4.69, 9.17) is 9.47 Å². The van der Waals surface area contributed by atoms with E-state index in [0.717, 1.165) is 0 Å². The molecule has 0 heterocycles. The number of sulfone groups is 1. The maximum atomic E-state index is 12.6. The highest BCUT2D eigenvalue weighted by Crippen LogP contribution is 2.25. The van der Waals surface area contributed by atoms with Crippen LogP contribution < -0.4 is 4.74 Å². The second-order valence-corrected chi connectivity index (χ2v) is 7.12. The first kappa shape index (κ1) is 17.1. The Labute approximate surface area is 137 Å². The van der Waals surface area contributed by atoms with Crippen molar-refractivity contribution in [1.29, 1.82) is 0 Å². The van der Waals surface area contributed by atoms with E-state index in [-0.39, 0.29) is 4.90 Å². The molecule has 1 aromatic rings. The smallest absolute Gasteiger partial charge is 0.185 e. The van der Waals surface area contributed by atoms with Gasteiger partial charge in [-0.1, -0.05) is 31.4 Å². The number of rotatable bonds is 8. The van der Waals surface area contributed by atoms with Crippen LogP contribution in [0.4, 0.5) is 0 Å². The summed E-state index contributed by atoms with van der Waals surface area (Å²) in [6.45, 7) is 7.93. The molecule has 1 atom stereocenters. The summed E-state index contributed by atoms with van der Waals surface area (Å²) in [5.41, 5.74) is 0. The Morgan fingerprint density at radius 2 is 1.74 bits per heavy atom. The number of ether oxygens (including phenoxy) is 2. The van der Waals surface area contributed by atoms with Crippen molar-refractivity contribution in [1.82, 2.24) is 0 Å². The van der Waals surface area contributed by atoms with Gasteiger partial charge in [0.05, 0.1) is 10.1 Å². The summed E-state index contributed by atoms with van der Waals surface area (Å²) in [4.78, 5) is 0.280. The van der Waals surface area contributed by atoms with E-state index in [0.29, 0.717) is 31.1 Å². The van der Waals surface area contributed by atoms with E-state index in [1.54, 1.807) is 54.6 Å². The average Bonchev–Trinajstić information content (AvgIpc) is 2.59. The van der Waals surface area contributed by atoms with Crippen molar-refractivity contribution in [2.75, 3.05) is 13.2 Å². The molecule has 23 heavy (non-hydrogen) atoms. The summed E-state index contributed by atoms with van der Waals surface area (Å²) in [7, 11) is -3.43. The van der Waals surface area contributed by atoms with Gasteiger partial charge in [-0.2, -0.15) is 0 Å². The van der Waals surface area contributed by atoms with Gasteiger partial charge in [-0.3, -0.25) is 0 Å². The molecule has 0 N–H and O–H groups in total. The van der Waals surface area contributed by atoms with E-state index in [1.165, 1.54) is 0 Å². The van der Waals surface area contributed by atoms with Crippen molar-refractivity contribution < 1.29 is 17.9 Å². The lowest BCUT2D eigenvalue weighted by atomic mass is 10.2. The van der Waals surface area contributed by atoms with Gasteiger partial charge in [-0.15, -0.1) is 0 Å². The average molecular weight is 332 g/mol.